The zero-order valence-electron chi connectivity index (χ0n) is 16.9. The van der Waals surface area contributed by atoms with Gasteiger partial charge in [-0.2, -0.15) is 5.10 Å². The third-order valence-electron chi connectivity index (χ3n) is 4.76. The number of nitrogens with one attached hydrogen (secondary N) is 2. The van der Waals surface area contributed by atoms with Crippen LogP contribution in [0.25, 0.3) is 39.6 Å². The fraction of sp³-hybridized carbons (Fsp3) is 0.174. The van der Waals surface area contributed by atoms with E-state index in [1.54, 1.807) is 6.08 Å². The first kappa shape index (κ1) is 18.8. The zero-order valence-corrected chi connectivity index (χ0v) is 16.9. The van der Waals surface area contributed by atoms with Gasteiger partial charge in [0.05, 0.1) is 23.1 Å². The number of pyridine rings is 2. The molecule has 0 saturated heterocycles. The second-order valence-corrected chi connectivity index (χ2v) is 7.37. The fourth-order valence-corrected chi connectivity index (χ4v) is 3.41. The summed E-state index contributed by atoms with van der Waals surface area (Å²) in [7, 11) is 4.09. The van der Waals surface area contributed by atoms with Gasteiger partial charge in [0.2, 0.25) is 0 Å². The lowest BCUT2D eigenvalue weighted by Gasteiger charge is -2.10. The molecule has 0 spiro atoms. The predicted molar refractivity (Wildman–Crippen MR) is 118 cm³/mol. The molecule has 0 aromatic carbocycles. The largest absolute Gasteiger partial charge is 0.357 e. The van der Waals surface area contributed by atoms with E-state index in [1.807, 2.05) is 44.8 Å². The molecule has 0 aliphatic rings. The number of hydrogen-bond donors (Lipinski definition) is 2. The summed E-state index contributed by atoms with van der Waals surface area (Å²) in [4.78, 5) is 14.6. The van der Waals surface area contributed by atoms with Gasteiger partial charge < -0.3 is 9.88 Å². The van der Waals surface area contributed by atoms with Gasteiger partial charge in [0.1, 0.15) is 5.69 Å². The Labute approximate surface area is 170 Å². The van der Waals surface area contributed by atoms with Gasteiger partial charge in [-0.05, 0) is 50.3 Å². The number of hydrogen-bond acceptors (Lipinski definition) is 4. The van der Waals surface area contributed by atoms with Crippen LogP contribution in [0.5, 0.6) is 0 Å². The van der Waals surface area contributed by atoms with Gasteiger partial charge in [0.25, 0.3) is 0 Å². The molecule has 4 aromatic heterocycles. The highest BCUT2D eigenvalue weighted by Gasteiger charge is 2.14. The van der Waals surface area contributed by atoms with Crippen molar-refractivity contribution in [3.63, 3.8) is 0 Å². The molecule has 4 aromatic rings. The first-order chi connectivity index (χ1) is 14.0. The molecule has 6 heteroatoms. The van der Waals surface area contributed by atoms with E-state index in [1.165, 1.54) is 0 Å². The summed E-state index contributed by atoms with van der Waals surface area (Å²) in [6.07, 6.45) is 11.3. The molecule has 0 saturated carbocycles. The molecule has 0 unspecified atom stereocenters. The standard InChI is InChI=1S/C23H24N6/c1-5-6-7-17-9-21(26-15(17)2)23-19-10-20(25-13-22(19)27-28-23)18-8-16(11-24-12-18)14-29(3)4/h5-13,26H,1,14H2,2-4H3,(H,27,28)/b7-6-. The quantitative estimate of drug-likeness (QED) is 0.477. The van der Waals surface area contributed by atoms with Crippen LogP contribution >= 0.6 is 0 Å². The van der Waals surface area contributed by atoms with Crippen LogP contribution in [-0.2, 0) is 6.54 Å². The minimum Gasteiger partial charge on any atom is -0.357 e. The van der Waals surface area contributed by atoms with Gasteiger partial charge in [0, 0.05) is 35.6 Å². The summed E-state index contributed by atoms with van der Waals surface area (Å²) < 4.78 is 0. The summed E-state index contributed by atoms with van der Waals surface area (Å²) in [5.74, 6) is 0. The Morgan fingerprint density at radius 3 is 2.79 bits per heavy atom. The van der Waals surface area contributed by atoms with E-state index in [0.717, 1.165) is 56.9 Å². The van der Waals surface area contributed by atoms with E-state index >= 15 is 0 Å². The highest BCUT2D eigenvalue weighted by atomic mass is 15.1. The molecule has 29 heavy (non-hydrogen) atoms. The van der Waals surface area contributed by atoms with Crippen LogP contribution in [0.15, 0.2) is 55.5 Å². The Morgan fingerprint density at radius 1 is 1.14 bits per heavy atom. The third kappa shape index (κ3) is 3.88. The lowest BCUT2D eigenvalue weighted by atomic mass is 10.1. The van der Waals surface area contributed by atoms with E-state index in [4.69, 9.17) is 0 Å². The highest BCUT2D eigenvalue weighted by molar-refractivity contribution is 5.94. The van der Waals surface area contributed by atoms with Crippen LogP contribution in [0, 0.1) is 6.92 Å². The Morgan fingerprint density at radius 2 is 2.00 bits per heavy atom. The monoisotopic (exact) mass is 384 g/mol. The molecule has 4 heterocycles. The van der Waals surface area contributed by atoms with Gasteiger partial charge in [-0.3, -0.25) is 15.1 Å². The number of aryl methyl sites for hydroxylation is 1. The SMILES string of the molecule is C=C/C=C\c1cc(-c2n[nH]c3cnc(-c4cncc(CN(C)C)c4)cc23)[nH]c1C. The maximum Gasteiger partial charge on any atom is 0.116 e. The molecule has 0 radical (unpaired) electrons. The summed E-state index contributed by atoms with van der Waals surface area (Å²) in [5.41, 5.74) is 7.97. The van der Waals surface area contributed by atoms with Crippen molar-refractivity contribution >= 4 is 17.0 Å². The average Bonchev–Trinajstić information content (AvgIpc) is 3.28. The normalized spacial score (nSPS) is 11.7. The van der Waals surface area contributed by atoms with Crippen LogP contribution < -0.4 is 0 Å². The van der Waals surface area contributed by atoms with E-state index < -0.39 is 0 Å². The molecular formula is C23H24N6. The van der Waals surface area contributed by atoms with Crippen LogP contribution in [0.1, 0.15) is 16.8 Å². The number of H-pyrrole nitrogens is 2. The Hall–Kier alpha value is -3.51. The minimum absolute atomic E-state index is 0.836. The molecular weight excluding hydrogens is 360 g/mol. The van der Waals surface area contributed by atoms with E-state index in [2.05, 4.69) is 61.8 Å². The number of allylic oxidation sites excluding steroid dienone is 2. The van der Waals surface area contributed by atoms with Crippen molar-refractivity contribution in [1.29, 1.82) is 0 Å². The van der Waals surface area contributed by atoms with Crippen LogP contribution in [0.4, 0.5) is 0 Å². The summed E-state index contributed by atoms with van der Waals surface area (Å²) in [6.45, 7) is 6.62. The van der Waals surface area contributed by atoms with Gasteiger partial charge >= 0.3 is 0 Å². The maximum atomic E-state index is 4.61. The van der Waals surface area contributed by atoms with Crippen LogP contribution in [0.2, 0.25) is 0 Å². The lowest BCUT2D eigenvalue weighted by molar-refractivity contribution is 0.402. The van der Waals surface area contributed by atoms with Gasteiger partial charge in [-0.15, -0.1) is 0 Å². The number of nitrogens with zero attached hydrogens (tertiary/aromatic N) is 4. The fourth-order valence-electron chi connectivity index (χ4n) is 3.41. The van der Waals surface area contributed by atoms with Crippen molar-refractivity contribution < 1.29 is 0 Å². The summed E-state index contributed by atoms with van der Waals surface area (Å²) in [6, 6.07) is 6.31. The summed E-state index contributed by atoms with van der Waals surface area (Å²) >= 11 is 0. The van der Waals surface area contributed by atoms with Crippen molar-refractivity contribution in [1.82, 2.24) is 30.0 Å². The van der Waals surface area contributed by atoms with Crippen LogP contribution in [-0.4, -0.2) is 44.1 Å². The topological polar surface area (TPSA) is 73.5 Å². The van der Waals surface area contributed by atoms with E-state index in [-0.39, 0.29) is 0 Å². The summed E-state index contributed by atoms with van der Waals surface area (Å²) in [5, 5.41) is 8.64. The molecule has 0 aliphatic carbocycles. The molecule has 0 atom stereocenters. The van der Waals surface area contributed by atoms with E-state index in [9.17, 15) is 0 Å². The van der Waals surface area contributed by atoms with Crippen molar-refractivity contribution in [2.24, 2.45) is 0 Å². The molecule has 6 nitrogen and oxygen atoms in total. The molecule has 0 aliphatic heterocycles. The number of aromatic nitrogens is 5. The van der Waals surface area contributed by atoms with E-state index in [0.29, 0.717) is 0 Å². The molecule has 0 amide bonds. The van der Waals surface area contributed by atoms with Gasteiger partial charge in [-0.25, -0.2) is 0 Å². The Balaban J connectivity index is 1.76. The smallest absolute Gasteiger partial charge is 0.116 e. The first-order valence-corrected chi connectivity index (χ1v) is 9.47. The molecule has 2 N–H and O–H groups in total. The minimum atomic E-state index is 0.836. The number of fused-ring (bicyclic) bond motifs is 1. The van der Waals surface area contributed by atoms with Gasteiger partial charge in [-0.1, -0.05) is 24.8 Å². The number of aromatic amines is 2. The van der Waals surface area contributed by atoms with Crippen molar-refractivity contribution in [2.45, 2.75) is 13.5 Å². The van der Waals surface area contributed by atoms with Crippen molar-refractivity contribution in [2.75, 3.05) is 14.1 Å². The molecule has 4 rings (SSSR count). The molecule has 0 fully saturated rings. The van der Waals surface area contributed by atoms with Crippen molar-refractivity contribution in [3.05, 3.63) is 72.3 Å². The first-order valence-electron chi connectivity index (χ1n) is 9.47. The average molecular weight is 384 g/mol. The number of rotatable bonds is 6. The predicted octanol–water partition coefficient (Wildman–Crippen LogP) is 4.58. The maximum absolute atomic E-state index is 4.61. The second kappa shape index (κ2) is 7.85. The lowest BCUT2D eigenvalue weighted by Crippen LogP contribution is -2.10. The van der Waals surface area contributed by atoms with Crippen LogP contribution in [0.3, 0.4) is 0 Å². The second-order valence-electron chi connectivity index (χ2n) is 7.37. The Kier molecular flexibility index (Phi) is 5.10. The van der Waals surface area contributed by atoms with Gasteiger partial charge in [0.15, 0.2) is 0 Å². The molecule has 0 bridgehead atoms. The zero-order chi connectivity index (χ0) is 20.4. The van der Waals surface area contributed by atoms with Crippen molar-refractivity contribution in [3.8, 4) is 22.6 Å². The highest BCUT2D eigenvalue weighted by Crippen LogP contribution is 2.30. The molecule has 146 valence electrons. The Bertz CT molecular complexity index is 1200. The third-order valence-corrected chi connectivity index (χ3v) is 4.76.